The molecule has 0 saturated carbocycles. The van der Waals surface area contributed by atoms with E-state index in [1.165, 1.54) is 0 Å². The van der Waals surface area contributed by atoms with Crippen LogP contribution >= 0.6 is 11.6 Å². The fourth-order valence-electron chi connectivity index (χ4n) is 2.12. The summed E-state index contributed by atoms with van der Waals surface area (Å²) in [6.45, 7) is 7.40. The predicted molar refractivity (Wildman–Crippen MR) is 76.8 cm³/mol. The number of carbonyl (C=O) groups excluding carboxylic acids is 1. The van der Waals surface area contributed by atoms with Crippen molar-refractivity contribution in [3.05, 3.63) is 17.0 Å². The lowest BCUT2D eigenvalue weighted by molar-refractivity contribution is -0.129. The molecule has 1 fully saturated rings. The number of halogens is 1. The average Bonchev–Trinajstić information content (AvgIpc) is 2.44. The van der Waals surface area contributed by atoms with Crippen molar-refractivity contribution in [1.29, 1.82) is 0 Å². The Labute approximate surface area is 123 Å². The minimum Gasteiger partial charge on any atom is -0.374 e. The van der Waals surface area contributed by atoms with Gasteiger partial charge in [-0.1, -0.05) is 11.6 Å². The Kier molecular flexibility index (Phi) is 5.14. The van der Waals surface area contributed by atoms with Gasteiger partial charge >= 0.3 is 0 Å². The van der Waals surface area contributed by atoms with E-state index in [4.69, 9.17) is 16.3 Å². The Morgan fingerprint density at radius 2 is 2.05 bits per heavy atom. The lowest BCUT2D eigenvalue weighted by Crippen LogP contribution is -2.48. The van der Waals surface area contributed by atoms with Crippen molar-refractivity contribution in [2.24, 2.45) is 0 Å². The van der Waals surface area contributed by atoms with Crippen LogP contribution < -0.4 is 4.90 Å². The highest BCUT2D eigenvalue weighted by Gasteiger charge is 2.20. The van der Waals surface area contributed by atoms with Crippen LogP contribution in [0.1, 0.15) is 19.7 Å². The van der Waals surface area contributed by atoms with Crippen LogP contribution in [0.15, 0.2) is 6.07 Å². The van der Waals surface area contributed by atoms with E-state index in [0.29, 0.717) is 37.3 Å². The van der Waals surface area contributed by atoms with Crippen molar-refractivity contribution in [3.8, 4) is 0 Å². The highest BCUT2D eigenvalue weighted by atomic mass is 35.5. The molecular weight excluding hydrogens is 280 g/mol. The molecule has 0 radical (unpaired) electrons. The second kappa shape index (κ2) is 6.85. The van der Waals surface area contributed by atoms with Gasteiger partial charge in [-0.2, -0.15) is 0 Å². The van der Waals surface area contributed by atoms with Crippen LogP contribution in [-0.2, 0) is 16.1 Å². The van der Waals surface area contributed by atoms with Gasteiger partial charge < -0.3 is 14.5 Å². The summed E-state index contributed by atoms with van der Waals surface area (Å²) >= 11 is 6.03. The summed E-state index contributed by atoms with van der Waals surface area (Å²) in [7, 11) is 0. The third-order valence-electron chi connectivity index (χ3n) is 3.21. The second-order valence-electron chi connectivity index (χ2n) is 4.60. The molecule has 0 aliphatic carbocycles. The first kappa shape index (κ1) is 15.0. The van der Waals surface area contributed by atoms with Crippen molar-refractivity contribution in [3.63, 3.8) is 0 Å². The number of amides is 1. The van der Waals surface area contributed by atoms with Gasteiger partial charge in [0.1, 0.15) is 17.6 Å². The zero-order valence-corrected chi connectivity index (χ0v) is 12.6. The zero-order chi connectivity index (χ0) is 14.5. The zero-order valence-electron chi connectivity index (χ0n) is 11.8. The molecule has 1 aromatic heterocycles. The third-order valence-corrected chi connectivity index (χ3v) is 3.41. The predicted octanol–water partition coefficient (Wildman–Crippen LogP) is 1.33. The molecule has 1 aliphatic heterocycles. The molecule has 1 saturated heterocycles. The van der Waals surface area contributed by atoms with Crippen LogP contribution in [0.4, 0.5) is 5.82 Å². The number of anilines is 1. The molecule has 110 valence electrons. The molecule has 0 bridgehead atoms. The first-order chi connectivity index (χ1) is 9.60. The van der Waals surface area contributed by atoms with Crippen LogP contribution in [0.25, 0.3) is 0 Å². The van der Waals surface area contributed by atoms with Gasteiger partial charge in [0.15, 0.2) is 5.82 Å². The highest BCUT2D eigenvalue weighted by molar-refractivity contribution is 6.29. The molecule has 1 aromatic rings. The number of carbonyl (C=O) groups is 1. The maximum absolute atomic E-state index is 11.3. The minimum absolute atomic E-state index is 0.113. The van der Waals surface area contributed by atoms with Gasteiger partial charge in [-0.15, -0.1) is 0 Å². The Bertz CT molecular complexity index is 475. The number of aromatic nitrogens is 2. The molecule has 1 amide bonds. The van der Waals surface area contributed by atoms with E-state index in [1.54, 1.807) is 13.0 Å². The molecule has 2 rings (SSSR count). The van der Waals surface area contributed by atoms with Gasteiger partial charge in [-0.25, -0.2) is 9.97 Å². The number of nitrogens with zero attached hydrogens (tertiary/aromatic N) is 4. The Hall–Kier alpha value is -1.40. The molecular formula is C13H19ClN4O2. The first-order valence-corrected chi connectivity index (χ1v) is 7.09. The van der Waals surface area contributed by atoms with Crippen LogP contribution in [0.3, 0.4) is 0 Å². The Balaban J connectivity index is 2.05. The Morgan fingerprint density at radius 1 is 1.35 bits per heavy atom. The molecule has 6 nitrogen and oxygen atoms in total. The summed E-state index contributed by atoms with van der Waals surface area (Å²) in [5, 5.41) is 0.415. The summed E-state index contributed by atoms with van der Waals surface area (Å²) in [4.78, 5) is 23.9. The van der Waals surface area contributed by atoms with Crippen LogP contribution in [0, 0.1) is 0 Å². The smallest absolute Gasteiger partial charge is 0.219 e. The van der Waals surface area contributed by atoms with E-state index < -0.39 is 0 Å². The van der Waals surface area contributed by atoms with Gasteiger partial charge in [0.05, 0.1) is 0 Å². The van der Waals surface area contributed by atoms with E-state index in [9.17, 15) is 4.79 Å². The molecule has 20 heavy (non-hydrogen) atoms. The van der Waals surface area contributed by atoms with Gasteiger partial charge in [0.2, 0.25) is 5.91 Å². The summed E-state index contributed by atoms with van der Waals surface area (Å²) < 4.78 is 5.31. The molecule has 0 aromatic carbocycles. The topological polar surface area (TPSA) is 58.6 Å². The van der Waals surface area contributed by atoms with Gasteiger partial charge in [-0.3, -0.25) is 4.79 Å². The number of piperazine rings is 1. The third kappa shape index (κ3) is 3.80. The lowest BCUT2D eigenvalue weighted by atomic mass is 10.3. The van der Waals surface area contributed by atoms with Crippen LogP contribution in [0.5, 0.6) is 0 Å². The van der Waals surface area contributed by atoms with E-state index in [1.807, 2.05) is 11.8 Å². The first-order valence-electron chi connectivity index (χ1n) is 6.72. The SMILES string of the molecule is CCOCc1nc(Cl)cc(N2CCN(C(C)=O)CC2)n1. The van der Waals surface area contributed by atoms with Crippen molar-refractivity contribution < 1.29 is 9.53 Å². The average molecular weight is 299 g/mol. The van der Waals surface area contributed by atoms with Gasteiger partial charge in [-0.05, 0) is 6.92 Å². The van der Waals surface area contributed by atoms with Crippen LogP contribution in [-0.4, -0.2) is 53.6 Å². The lowest BCUT2D eigenvalue weighted by Gasteiger charge is -2.35. The maximum atomic E-state index is 11.3. The van der Waals surface area contributed by atoms with Gasteiger partial charge in [0.25, 0.3) is 0 Å². The van der Waals surface area contributed by atoms with Crippen molar-refractivity contribution >= 4 is 23.3 Å². The molecule has 0 spiro atoms. The molecule has 1 aliphatic rings. The summed E-state index contributed by atoms with van der Waals surface area (Å²) in [6.07, 6.45) is 0. The molecule has 0 N–H and O–H groups in total. The minimum atomic E-state index is 0.113. The second-order valence-corrected chi connectivity index (χ2v) is 4.98. The monoisotopic (exact) mass is 298 g/mol. The summed E-state index contributed by atoms with van der Waals surface area (Å²) in [5.41, 5.74) is 0. The molecule has 0 unspecified atom stereocenters. The summed E-state index contributed by atoms with van der Waals surface area (Å²) in [5.74, 6) is 1.49. The normalized spacial score (nSPS) is 15.6. The van der Waals surface area contributed by atoms with E-state index in [2.05, 4.69) is 14.9 Å². The van der Waals surface area contributed by atoms with E-state index in [-0.39, 0.29) is 5.91 Å². The van der Waals surface area contributed by atoms with E-state index in [0.717, 1.165) is 18.9 Å². The number of ether oxygens (including phenoxy) is 1. The van der Waals surface area contributed by atoms with E-state index >= 15 is 0 Å². The standard InChI is InChI=1S/C13H19ClN4O2/c1-3-20-9-12-15-11(14)8-13(16-12)18-6-4-17(5-7-18)10(2)19/h8H,3-7,9H2,1-2H3. The molecule has 7 heteroatoms. The number of hydrogen-bond acceptors (Lipinski definition) is 5. The largest absolute Gasteiger partial charge is 0.374 e. The molecule has 0 atom stereocenters. The summed E-state index contributed by atoms with van der Waals surface area (Å²) in [6, 6.07) is 1.75. The van der Waals surface area contributed by atoms with Crippen molar-refractivity contribution in [1.82, 2.24) is 14.9 Å². The Morgan fingerprint density at radius 3 is 2.65 bits per heavy atom. The maximum Gasteiger partial charge on any atom is 0.219 e. The van der Waals surface area contributed by atoms with Crippen LogP contribution in [0.2, 0.25) is 5.15 Å². The van der Waals surface area contributed by atoms with Crippen molar-refractivity contribution in [2.75, 3.05) is 37.7 Å². The van der Waals surface area contributed by atoms with Crippen molar-refractivity contribution in [2.45, 2.75) is 20.5 Å². The molecule has 2 heterocycles. The van der Waals surface area contributed by atoms with Gasteiger partial charge in [0, 0.05) is 45.8 Å². The number of hydrogen-bond donors (Lipinski definition) is 0. The highest BCUT2D eigenvalue weighted by Crippen LogP contribution is 2.18. The quantitative estimate of drug-likeness (QED) is 0.785. The fourth-order valence-corrected chi connectivity index (χ4v) is 2.32. The fraction of sp³-hybridized carbons (Fsp3) is 0.615. The number of rotatable bonds is 4.